The first-order valence-electron chi connectivity index (χ1n) is 8.43. The molecule has 0 aromatic heterocycles. The molecule has 0 unspecified atom stereocenters. The molecule has 6 nitrogen and oxygen atoms in total. The number of nitrogens with one attached hydrogen (secondary N) is 1. The van der Waals surface area contributed by atoms with Gasteiger partial charge in [-0.3, -0.25) is 4.79 Å². The number of hydrogen-bond acceptors (Lipinski definition) is 5. The van der Waals surface area contributed by atoms with E-state index in [-0.39, 0.29) is 5.91 Å². The molecule has 0 aliphatic carbocycles. The van der Waals surface area contributed by atoms with Crippen LogP contribution in [0.15, 0.2) is 42.5 Å². The summed E-state index contributed by atoms with van der Waals surface area (Å²) in [5.74, 6) is 1.12. The Morgan fingerprint density at radius 2 is 1.60 bits per heavy atom. The molecule has 1 saturated heterocycles. The maximum atomic E-state index is 12.5. The molecule has 2 aromatic carbocycles. The molecule has 2 aliphatic rings. The Hall–Kier alpha value is -2.73. The number of anilines is 2. The van der Waals surface area contributed by atoms with Gasteiger partial charge in [0.1, 0.15) is 13.2 Å². The molecule has 1 N–H and O–H groups in total. The van der Waals surface area contributed by atoms with Crippen molar-refractivity contribution in [2.75, 3.05) is 49.7 Å². The molecule has 1 fully saturated rings. The van der Waals surface area contributed by atoms with Gasteiger partial charge in [0, 0.05) is 30.0 Å². The third-order valence-electron chi connectivity index (χ3n) is 4.31. The number of ether oxygens (including phenoxy) is 3. The molecule has 2 heterocycles. The molecule has 0 saturated carbocycles. The Morgan fingerprint density at radius 3 is 2.36 bits per heavy atom. The van der Waals surface area contributed by atoms with Crippen LogP contribution in [-0.2, 0) is 4.74 Å². The van der Waals surface area contributed by atoms with Gasteiger partial charge in [-0.05, 0) is 42.5 Å². The van der Waals surface area contributed by atoms with Gasteiger partial charge in [-0.2, -0.15) is 0 Å². The number of amides is 1. The highest BCUT2D eigenvalue weighted by atomic mass is 16.6. The highest BCUT2D eigenvalue weighted by Gasteiger charge is 2.15. The largest absolute Gasteiger partial charge is 0.486 e. The first-order valence-corrected chi connectivity index (χ1v) is 8.43. The van der Waals surface area contributed by atoms with Crippen molar-refractivity contribution in [3.8, 4) is 11.5 Å². The van der Waals surface area contributed by atoms with Gasteiger partial charge in [0.15, 0.2) is 11.5 Å². The fourth-order valence-electron chi connectivity index (χ4n) is 2.96. The van der Waals surface area contributed by atoms with Crippen LogP contribution in [-0.4, -0.2) is 45.4 Å². The zero-order chi connectivity index (χ0) is 17.1. The van der Waals surface area contributed by atoms with Crippen LogP contribution in [0.5, 0.6) is 11.5 Å². The first-order chi connectivity index (χ1) is 12.3. The van der Waals surface area contributed by atoms with E-state index in [1.807, 2.05) is 24.3 Å². The van der Waals surface area contributed by atoms with Crippen molar-refractivity contribution in [3.63, 3.8) is 0 Å². The number of morpholine rings is 1. The maximum Gasteiger partial charge on any atom is 0.255 e. The Morgan fingerprint density at radius 1 is 0.880 bits per heavy atom. The van der Waals surface area contributed by atoms with Gasteiger partial charge in [0.25, 0.3) is 5.91 Å². The SMILES string of the molecule is O=C(Nc1ccc(N2CCOCC2)cc1)c1ccc2c(c1)OCCO2. The number of fused-ring (bicyclic) bond motifs is 1. The lowest BCUT2D eigenvalue weighted by Gasteiger charge is -2.28. The molecule has 130 valence electrons. The maximum absolute atomic E-state index is 12.5. The van der Waals surface area contributed by atoms with Gasteiger partial charge in [-0.25, -0.2) is 0 Å². The van der Waals surface area contributed by atoms with Gasteiger partial charge < -0.3 is 24.4 Å². The second kappa shape index (κ2) is 7.03. The summed E-state index contributed by atoms with van der Waals surface area (Å²) in [7, 11) is 0. The molecule has 4 rings (SSSR count). The molecule has 0 radical (unpaired) electrons. The third-order valence-corrected chi connectivity index (χ3v) is 4.31. The number of benzene rings is 2. The summed E-state index contributed by atoms with van der Waals surface area (Å²) < 4.78 is 16.4. The molecular weight excluding hydrogens is 320 g/mol. The standard InChI is InChI=1S/C19H20N2O4/c22-19(14-1-6-17-18(13-14)25-12-11-24-17)20-15-2-4-16(5-3-15)21-7-9-23-10-8-21/h1-6,13H,7-12H2,(H,20,22). The molecular formula is C19H20N2O4. The van der Waals surface area contributed by atoms with Gasteiger partial charge in [-0.1, -0.05) is 0 Å². The summed E-state index contributed by atoms with van der Waals surface area (Å²) in [6.45, 7) is 4.33. The predicted molar refractivity (Wildman–Crippen MR) is 94.9 cm³/mol. The summed E-state index contributed by atoms with van der Waals surface area (Å²) in [5.41, 5.74) is 2.44. The topological polar surface area (TPSA) is 60.0 Å². The summed E-state index contributed by atoms with van der Waals surface area (Å²) in [6.07, 6.45) is 0. The smallest absolute Gasteiger partial charge is 0.255 e. The number of carbonyl (C=O) groups excluding carboxylic acids is 1. The molecule has 1 amide bonds. The van der Waals surface area contributed by atoms with Crippen LogP contribution in [0.4, 0.5) is 11.4 Å². The van der Waals surface area contributed by atoms with Crippen LogP contribution in [0.25, 0.3) is 0 Å². The summed E-state index contributed by atoms with van der Waals surface area (Å²) in [6, 6.07) is 13.1. The Kier molecular flexibility index (Phi) is 4.43. The molecule has 2 aliphatic heterocycles. The average Bonchev–Trinajstić information content (AvgIpc) is 2.69. The van der Waals surface area contributed by atoms with Crippen molar-refractivity contribution < 1.29 is 19.0 Å². The van der Waals surface area contributed by atoms with E-state index < -0.39 is 0 Å². The van der Waals surface area contributed by atoms with Gasteiger partial charge >= 0.3 is 0 Å². The lowest BCUT2D eigenvalue weighted by Crippen LogP contribution is -2.36. The van der Waals surface area contributed by atoms with Crippen LogP contribution in [0.1, 0.15) is 10.4 Å². The minimum absolute atomic E-state index is 0.170. The van der Waals surface area contributed by atoms with E-state index >= 15 is 0 Å². The van der Waals surface area contributed by atoms with Gasteiger partial charge in [0.05, 0.1) is 13.2 Å². The predicted octanol–water partition coefficient (Wildman–Crippen LogP) is 2.55. The van der Waals surface area contributed by atoms with E-state index in [1.54, 1.807) is 18.2 Å². The van der Waals surface area contributed by atoms with Crippen molar-refractivity contribution in [2.24, 2.45) is 0 Å². The van der Waals surface area contributed by atoms with Gasteiger partial charge in [0.2, 0.25) is 0 Å². The normalized spacial score (nSPS) is 16.4. The second-order valence-electron chi connectivity index (χ2n) is 5.96. The van der Waals surface area contributed by atoms with Crippen LogP contribution in [0.2, 0.25) is 0 Å². The molecule has 0 spiro atoms. The third kappa shape index (κ3) is 3.53. The Balaban J connectivity index is 1.43. The number of nitrogens with zero attached hydrogens (tertiary/aromatic N) is 1. The van der Waals surface area contributed by atoms with Crippen molar-refractivity contribution in [1.82, 2.24) is 0 Å². The monoisotopic (exact) mass is 340 g/mol. The molecule has 25 heavy (non-hydrogen) atoms. The van der Waals surface area contributed by atoms with Crippen molar-refractivity contribution in [1.29, 1.82) is 0 Å². The highest BCUT2D eigenvalue weighted by molar-refractivity contribution is 6.04. The lowest BCUT2D eigenvalue weighted by molar-refractivity contribution is 0.102. The van der Waals surface area contributed by atoms with Crippen LogP contribution >= 0.6 is 0 Å². The molecule has 0 bridgehead atoms. The van der Waals surface area contributed by atoms with Crippen LogP contribution in [0.3, 0.4) is 0 Å². The van der Waals surface area contributed by atoms with E-state index in [9.17, 15) is 4.79 Å². The summed E-state index contributed by atoms with van der Waals surface area (Å²) >= 11 is 0. The van der Waals surface area contributed by atoms with Crippen LogP contribution < -0.4 is 19.7 Å². The average molecular weight is 340 g/mol. The first kappa shape index (κ1) is 15.8. The van der Waals surface area contributed by atoms with Crippen molar-refractivity contribution >= 4 is 17.3 Å². The van der Waals surface area contributed by atoms with E-state index in [0.717, 1.165) is 37.7 Å². The quantitative estimate of drug-likeness (QED) is 0.930. The summed E-state index contributed by atoms with van der Waals surface area (Å²) in [5, 5.41) is 2.92. The molecule has 0 atom stereocenters. The van der Waals surface area contributed by atoms with E-state index in [0.29, 0.717) is 30.3 Å². The molecule has 6 heteroatoms. The Bertz CT molecular complexity index is 755. The zero-order valence-electron chi connectivity index (χ0n) is 13.9. The second-order valence-corrected chi connectivity index (χ2v) is 5.96. The highest BCUT2D eigenvalue weighted by Crippen LogP contribution is 2.31. The zero-order valence-corrected chi connectivity index (χ0v) is 13.9. The summed E-state index contributed by atoms with van der Waals surface area (Å²) in [4.78, 5) is 14.7. The minimum Gasteiger partial charge on any atom is -0.486 e. The lowest BCUT2D eigenvalue weighted by atomic mass is 10.1. The number of hydrogen-bond donors (Lipinski definition) is 1. The fourth-order valence-corrected chi connectivity index (χ4v) is 2.96. The van der Waals surface area contributed by atoms with Crippen molar-refractivity contribution in [2.45, 2.75) is 0 Å². The minimum atomic E-state index is -0.170. The number of carbonyl (C=O) groups is 1. The van der Waals surface area contributed by atoms with E-state index in [1.165, 1.54) is 0 Å². The van der Waals surface area contributed by atoms with Crippen LogP contribution in [0, 0.1) is 0 Å². The van der Waals surface area contributed by atoms with Crippen molar-refractivity contribution in [3.05, 3.63) is 48.0 Å². The fraction of sp³-hybridized carbons (Fsp3) is 0.316. The Labute approximate surface area is 146 Å². The van der Waals surface area contributed by atoms with Gasteiger partial charge in [-0.15, -0.1) is 0 Å². The van der Waals surface area contributed by atoms with E-state index in [4.69, 9.17) is 14.2 Å². The molecule has 2 aromatic rings. The van der Waals surface area contributed by atoms with E-state index in [2.05, 4.69) is 10.2 Å². The number of rotatable bonds is 3.